The smallest absolute Gasteiger partial charge is 0.00931 e. The first kappa shape index (κ1) is 8.01. The molecule has 0 spiro atoms. The molecule has 1 aliphatic carbocycles. The highest BCUT2D eigenvalue weighted by molar-refractivity contribution is 7.46. The third-order valence-electron chi connectivity index (χ3n) is 2.30. The van der Waals surface area contributed by atoms with E-state index in [-0.39, 0.29) is 0 Å². The van der Waals surface area contributed by atoms with E-state index < -0.39 is 0 Å². The van der Waals surface area contributed by atoms with Crippen LogP contribution in [0.25, 0.3) is 0 Å². The predicted molar refractivity (Wildman–Crippen MR) is 56.8 cm³/mol. The molecule has 0 atom stereocenters. The highest BCUT2D eigenvalue weighted by Crippen LogP contribution is 2.34. The molecular weight excluding hydrogens is 163 g/mol. The van der Waals surface area contributed by atoms with Crippen molar-refractivity contribution in [3.63, 3.8) is 0 Å². The van der Waals surface area contributed by atoms with Gasteiger partial charge >= 0.3 is 0 Å². The van der Waals surface area contributed by atoms with Crippen LogP contribution in [0.2, 0.25) is 0 Å². The largest absolute Gasteiger partial charge is 0.0675 e. The summed E-state index contributed by atoms with van der Waals surface area (Å²) in [6.45, 7) is 2.25. The molecule has 0 aromatic carbocycles. The monoisotopic (exact) mass is 176 g/mol. The van der Waals surface area contributed by atoms with Crippen LogP contribution < -0.4 is 0 Å². The van der Waals surface area contributed by atoms with Gasteiger partial charge in [-0.05, 0) is 35.9 Å². The minimum Gasteiger partial charge on any atom is -0.0675 e. The summed E-state index contributed by atoms with van der Waals surface area (Å²) in [5.41, 5.74) is 3.07. The first-order chi connectivity index (χ1) is 5.92. The van der Waals surface area contributed by atoms with Gasteiger partial charge < -0.3 is 0 Å². The van der Waals surface area contributed by atoms with E-state index in [4.69, 9.17) is 0 Å². The predicted octanol–water partition coefficient (Wildman–Crippen LogP) is 3.69. The van der Waals surface area contributed by atoms with E-state index in [0.717, 1.165) is 0 Å². The maximum atomic E-state index is 2.36. The highest BCUT2D eigenvalue weighted by Gasteiger charge is 2.15. The summed E-state index contributed by atoms with van der Waals surface area (Å²) in [5.74, 6) is 2.36. The van der Waals surface area contributed by atoms with Crippen LogP contribution >= 0.6 is 8.20 Å². The summed E-state index contributed by atoms with van der Waals surface area (Å²) in [6.07, 6.45) is 10.5. The van der Waals surface area contributed by atoms with Gasteiger partial charge in [0.2, 0.25) is 0 Å². The Balaban J connectivity index is 2.04. The lowest BCUT2D eigenvalue weighted by Gasteiger charge is -2.02. The molecule has 1 heterocycles. The number of unbranched alkanes of at least 4 members (excludes halogenated alkanes) is 1. The molecule has 1 heteroatoms. The molecule has 0 unspecified atom stereocenters. The summed E-state index contributed by atoms with van der Waals surface area (Å²) in [4.78, 5) is 0. The van der Waals surface area contributed by atoms with Crippen LogP contribution in [-0.2, 0) is 0 Å². The standard InChI is InChI=1S/C11H13P/c1-2-3-5-9-8-12-11-7-4-6-10(9)11/h4,6-8H,2-3,5H2,1H3. The van der Waals surface area contributed by atoms with E-state index in [1.807, 2.05) is 0 Å². The van der Waals surface area contributed by atoms with Crippen LogP contribution in [0.4, 0.5) is 0 Å². The average Bonchev–Trinajstić information content (AvgIpc) is 2.62. The summed E-state index contributed by atoms with van der Waals surface area (Å²) in [7, 11) is 1.40. The molecule has 0 aromatic heterocycles. The molecule has 62 valence electrons. The molecule has 0 saturated heterocycles. The lowest BCUT2D eigenvalue weighted by Crippen LogP contribution is -1.92. The van der Waals surface area contributed by atoms with Gasteiger partial charge in [-0.3, -0.25) is 0 Å². The molecule has 0 N–H and O–H groups in total. The van der Waals surface area contributed by atoms with Gasteiger partial charge in [-0.15, -0.1) is 0 Å². The number of fused-ring (bicyclic) bond motifs is 1. The number of rotatable bonds is 3. The van der Waals surface area contributed by atoms with Crippen LogP contribution in [0.15, 0.2) is 35.2 Å². The lowest BCUT2D eigenvalue weighted by atomic mass is 10.0. The zero-order valence-corrected chi connectivity index (χ0v) is 8.27. The van der Waals surface area contributed by atoms with Crippen LogP contribution in [0, 0.1) is 0 Å². The maximum Gasteiger partial charge on any atom is 0.00931 e. The first-order valence-electron chi connectivity index (χ1n) is 4.58. The Kier molecular flexibility index (Phi) is 2.28. The maximum absolute atomic E-state index is 2.36. The quantitative estimate of drug-likeness (QED) is 0.575. The molecule has 0 saturated carbocycles. The second-order valence-corrected chi connectivity index (χ2v) is 4.21. The fourth-order valence-electron chi connectivity index (χ4n) is 1.58. The van der Waals surface area contributed by atoms with E-state index in [2.05, 4.69) is 31.0 Å². The van der Waals surface area contributed by atoms with E-state index >= 15 is 0 Å². The Morgan fingerprint density at radius 1 is 1.42 bits per heavy atom. The van der Waals surface area contributed by atoms with Gasteiger partial charge in [-0.25, -0.2) is 0 Å². The van der Waals surface area contributed by atoms with Crippen molar-refractivity contribution < 1.29 is 0 Å². The van der Waals surface area contributed by atoms with Crippen molar-refractivity contribution in [1.29, 1.82) is 0 Å². The topological polar surface area (TPSA) is 0 Å². The molecule has 0 fully saturated rings. The average molecular weight is 176 g/mol. The normalized spacial score (nSPS) is 20.2. The lowest BCUT2D eigenvalue weighted by molar-refractivity contribution is 0.797. The minimum absolute atomic E-state index is 1.26. The van der Waals surface area contributed by atoms with Gasteiger partial charge in [0.1, 0.15) is 0 Å². The highest BCUT2D eigenvalue weighted by atomic mass is 31.1. The van der Waals surface area contributed by atoms with E-state index in [1.54, 1.807) is 5.57 Å². The van der Waals surface area contributed by atoms with Crippen LogP contribution in [0.5, 0.6) is 0 Å². The molecule has 0 nitrogen and oxygen atoms in total. The Bertz CT molecular complexity index is 303. The summed E-state index contributed by atoms with van der Waals surface area (Å²) in [5, 5.41) is 1.50. The Morgan fingerprint density at radius 2 is 2.33 bits per heavy atom. The second kappa shape index (κ2) is 3.41. The molecule has 0 amide bonds. The SMILES string of the molecule is CCCCC1=CP=C2C=CC=C12. The first-order valence-corrected chi connectivity index (χ1v) is 5.54. The Morgan fingerprint density at radius 3 is 3.17 bits per heavy atom. The van der Waals surface area contributed by atoms with Crippen molar-refractivity contribution in [2.24, 2.45) is 0 Å². The van der Waals surface area contributed by atoms with Gasteiger partial charge in [-0.2, -0.15) is 0 Å². The summed E-state index contributed by atoms with van der Waals surface area (Å²) < 4.78 is 0. The van der Waals surface area contributed by atoms with Crippen molar-refractivity contribution in [2.75, 3.05) is 0 Å². The number of hydrogen-bond acceptors (Lipinski definition) is 0. The molecule has 12 heavy (non-hydrogen) atoms. The third kappa shape index (κ3) is 1.32. The van der Waals surface area contributed by atoms with Gasteiger partial charge in [0, 0.05) is 5.29 Å². The molecule has 0 bridgehead atoms. The van der Waals surface area contributed by atoms with Gasteiger partial charge in [0.05, 0.1) is 0 Å². The van der Waals surface area contributed by atoms with Crippen molar-refractivity contribution in [1.82, 2.24) is 0 Å². The molecule has 2 aliphatic rings. The molecule has 0 aromatic rings. The van der Waals surface area contributed by atoms with Crippen molar-refractivity contribution in [3.05, 3.63) is 35.2 Å². The number of allylic oxidation sites excluding steroid dienone is 5. The molecular formula is C11H13P. The van der Waals surface area contributed by atoms with E-state index in [0.29, 0.717) is 0 Å². The van der Waals surface area contributed by atoms with Crippen LogP contribution in [0.1, 0.15) is 26.2 Å². The minimum atomic E-state index is 1.26. The van der Waals surface area contributed by atoms with Crippen molar-refractivity contribution in [2.45, 2.75) is 26.2 Å². The Labute approximate surface area is 75.5 Å². The third-order valence-corrected chi connectivity index (χ3v) is 3.41. The van der Waals surface area contributed by atoms with Crippen molar-refractivity contribution >= 4 is 13.5 Å². The summed E-state index contributed by atoms with van der Waals surface area (Å²) in [6, 6.07) is 0. The molecule has 2 rings (SSSR count). The van der Waals surface area contributed by atoms with Gasteiger partial charge in [0.15, 0.2) is 0 Å². The number of hydrogen-bond donors (Lipinski definition) is 0. The summed E-state index contributed by atoms with van der Waals surface area (Å²) >= 11 is 0. The van der Waals surface area contributed by atoms with Crippen molar-refractivity contribution in [3.8, 4) is 0 Å². The van der Waals surface area contributed by atoms with Crippen LogP contribution in [-0.4, -0.2) is 5.29 Å². The zero-order valence-electron chi connectivity index (χ0n) is 7.38. The molecule has 1 aliphatic heterocycles. The van der Waals surface area contributed by atoms with E-state index in [1.165, 1.54) is 38.3 Å². The van der Waals surface area contributed by atoms with E-state index in [9.17, 15) is 0 Å². The van der Waals surface area contributed by atoms with Crippen LogP contribution in [0.3, 0.4) is 0 Å². The van der Waals surface area contributed by atoms with Gasteiger partial charge in [0.25, 0.3) is 0 Å². The second-order valence-electron chi connectivity index (χ2n) is 3.21. The zero-order chi connectivity index (χ0) is 8.39. The fourth-order valence-corrected chi connectivity index (χ4v) is 2.67. The Hall–Kier alpha value is -0.610. The van der Waals surface area contributed by atoms with Gasteiger partial charge in [-0.1, -0.05) is 33.7 Å². The molecule has 0 radical (unpaired) electrons. The fraction of sp³-hybridized carbons (Fsp3) is 0.364.